The van der Waals surface area contributed by atoms with Gasteiger partial charge in [-0.1, -0.05) is 53.5 Å². The SMILES string of the molecule is CN(CC(CN)c1ccc(Cl)c(Cl)c1)C(=O)c1cc(OCC#N)cc2ccccc12. The Labute approximate surface area is 185 Å². The molecule has 0 radical (unpaired) electrons. The molecule has 0 fully saturated rings. The smallest absolute Gasteiger partial charge is 0.254 e. The molecule has 0 bridgehead atoms. The number of benzene rings is 3. The Bertz CT molecular complexity index is 1110. The summed E-state index contributed by atoms with van der Waals surface area (Å²) in [6.07, 6.45) is 0. The molecule has 1 unspecified atom stereocenters. The zero-order valence-corrected chi connectivity index (χ0v) is 18.0. The second-order valence-electron chi connectivity index (χ2n) is 6.93. The zero-order chi connectivity index (χ0) is 21.7. The second kappa shape index (κ2) is 9.82. The van der Waals surface area contributed by atoms with Gasteiger partial charge in [0, 0.05) is 26.1 Å². The van der Waals surface area contributed by atoms with Gasteiger partial charge in [-0.3, -0.25) is 4.79 Å². The van der Waals surface area contributed by atoms with Crippen molar-refractivity contribution in [1.29, 1.82) is 5.26 Å². The van der Waals surface area contributed by atoms with Crippen LogP contribution in [0.1, 0.15) is 21.8 Å². The van der Waals surface area contributed by atoms with E-state index in [2.05, 4.69) is 0 Å². The standard InChI is InChI=1S/C23H21Cl2N3O2/c1-28(14-17(13-27)15-6-7-21(24)22(25)11-15)23(29)20-12-18(30-9-8-26)10-16-4-2-3-5-19(16)20/h2-7,10-12,17H,9,13-14,27H2,1H3. The fourth-order valence-corrected chi connectivity index (χ4v) is 3.67. The number of hydrogen-bond acceptors (Lipinski definition) is 4. The molecule has 0 saturated heterocycles. The topological polar surface area (TPSA) is 79.3 Å². The number of nitriles is 1. The van der Waals surface area contributed by atoms with Gasteiger partial charge in [0.2, 0.25) is 0 Å². The highest BCUT2D eigenvalue weighted by molar-refractivity contribution is 6.42. The molecular weight excluding hydrogens is 421 g/mol. The summed E-state index contributed by atoms with van der Waals surface area (Å²) < 4.78 is 5.45. The number of hydrogen-bond donors (Lipinski definition) is 1. The van der Waals surface area contributed by atoms with E-state index in [1.54, 1.807) is 30.1 Å². The van der Waals surface area contributed by atoms with Crippen LogP contribution in [0.15, 0.2) is 54.6 Å². The maximum Gasteiger partial charge on any atom is 0.254 e. The molecule has 1 amide bonds. The van der Waals surface area contributed by atoms with Gasteiger partial charge in [0.15, 0.2) is 6.61 Å². The van der Waals surface area contributed by atoms with Crippen LogP contribution in [-0.2, 0) is 0 Å². The van der Waals surface area contributed by atoms with Gasteiger partial charge in [-0.05, 0) is 40.6 Å². The maximum atomic E-state index is 13.3. The minimum atomic E-state index is -0.160. The second-order valence-corrected chi connectivity index (χ2v) is 7.75. The predicted molar refractivity (Wildman–Crippen MR) is 120 cm³/mol. The maximum absolute atomic E-state index is 13.3. The molecule has 1 atom stereocenters. The highest BCUT2D eigenvalue weighted by Crippen LogP contribution is 2.29. The number of amides is 1. The minimum absolute atomic E-state index is 0.0889. The molecule has 0 aliphatic heterocycles. The number of nitrogens with two attached hydrogens (primary N) is 1. The molecule has 154 valence electrons. The zero-order valence-electron chi connectivity index (χ0n) is 16.4. The van der Waals surface area contributed by atoms with Crippen molar-refractivity contribution in [2.24, 2.45) is 5.73 Å². The first-order valence-electron chi connectivity index (χ1n) is 9.37. The summed E-state index contributed by atoms with van der Waals surface area (Å²) in [6, 6.07) is 18.4. The Morgan fingerprint density at radius 2 is 1.93 bits per heavy atom. The number of fused-ring (bicyclic) bond motifs is 1. The third kappa shape index (κ3) is 4.85. The monoisotopic (exact) mass is 441 g/mol. The molecule has 0 aliphatic rings. The van der Waals surface area contributed by atoms with E-state index in [9.17, 15) is 4.79 Å². The van der Waals surface area contributed by atoms with Crippen LogP contribution in [0, 0.1) is 11.3 Å². The third-order valence-electron chi connectivity index (χ3n) is 4.91. The molecule has 2 N–H and O–H groups in total. The summed E-state index contributed by atoms with van der Waals surface area (Å²) in [4.78, 5) is 14.9. The van der Waals surface area contributed by atoms with E-state index in [-0.39, 0.29) is 18.4 Å². The number of likely N-dealkylation sites (N-methyl/N-ethyl adjacent to an activating group) is 1. The molecule has 0 saturated carbocycles. The molecule has 0 heterocycles. The lowest BCUT2D eigenvalue weighted by Crippen LogP contribution is -2.33. The Balaban J connectivity index is 1.90. The molecule has 3 rings (SSSR count). The quantitative estimate of drug-likeness (QED) is 0.567. The van der Waals surface area contributed by atoms with Gasteiger partial charge < -0.3 is 15.4 Å². The summed E-state index contributed by atoms with van der Waals surface area (Å²) in [5, 5.41) is 11.4. The van der Waals surface area contributed by atoms with Crippen molar-refractivity contribution < 1.29 is 9.53 Å². The molecule has 0 aliphatic carbocycles. The Morgan fingerprint density at radius 1 is 1.17 bits per heavy atom. The Hall–Kier alpha value is -2.78. The van der Waals surface area contributed by atoms with Gasteiger partial charge in [0.25, 0.3) is 5.91 Å². The molecule has 30 heavy (non-hydrogen) atoms. The molecule has 3 aromatic carbocycles. The van der Waals surface area contributed by atoms with Gasteiger partial charge in [-0.25, -0.2) is 0 Å². The number of nitrogens with zero attached hydrogens (tertiary/aromatic N) is 2. The number of rotatable bonds is 7. The largest absolute Gasteiger partial charge is 0.479 e. The lowest BCUT2D eigenvalue weighted by molar-refractivity contribution is 0.0788. The molecule has 7 heteroatoms. The normalized spacial score (nSPS) is 11.7. The van der Waals surface area contributed by atoms with Crippen LogP contribution in [0.5, 0.6) is 5.75 Å². The molecular formula is C23H21Cl2N3O2. The lowest BCUT2D eigenvalue weighted by Gasteiger charge is -2.25. The molecule has 0 spiro atoms. The van der Waals surface area contributed by atoms with Gasteiger partial charge in [-0.15, -0.1) is 0 Å². The third-order valence-corrected chi connectivity index (χ3v) is 5.65. The van der Waals surface area contributed by atoms with Gasteiger partial charge in [-0.2, -0.15) is 5.26 Å². The average Bonchev–Trinajstić information content (AvgIpc) is 2.76. The van der Waals surface area contributed by atoms with E-state index >= 15 is 0 Å². The van der Waals surface area contributed by atoms with Crippen LogP contribution in [-0.4, -0.2) is 37.6 Å². The number of ether oxygens (including phenoxy) is 1. The van der Waals surface area contributed by atoms with Crippen LogP contribution in [0.2, 0.25) is 10.0 Å². The van der Waals surface area contributed by atoms with Crippen molar-refractivity contribution in [3.63, 3.8) is 0 Å². The first-order valence-corrected chi connectivity index (χ1v) is 10.1. The summed E-state index contributed by atoms with van der Waals surface area (Å²) in [6.45, 7) is 0.668. The summed E-state index contributed by atoms with van der Waals surface area (Å²) in [5.74, 6) is 0.219. The Kier molecular flexibility index (Phi) is 7.17. The number of carbonyl (C=O) groups is 1. The van der Waals surface area contributed by atoms with Crippen LogP contribution in [0.25, 0.3) is 10.8 Å². The van der Waals surface area contributed by atoms with Crippen LogP contribution in [0.4, 0.5) is 0 Å². The lowest BCUT2D eigenvalue weighted by atomic mass is 9.98. The van der Waals surface area contributed by atoms with E-state index in [1.165, 1.54) is 0 Å². The van der Waals surface area contributed by atoms with Crippen molar-refractivity contribution >= 4 is 39.9 Å². The van der Waals surface area contributed by atoms with Crippen LogP contribution in [0.3, 0.4) is 0 Å². The fraction of sp³-hybridized carbons (Fsp3) is 0.217. The number of carbonyl (C=O) groups excluding carboxylic acids is 1. The van der Waals surface area contributed by atoms with Crippen LogP contribution >= 0.6 is 23.2 Å². The molecule has 3 aromatic rings. The van der Waals surface area contributed by atoms with Gasteiger partial charge in [0.1, 0.15) is 11.8 Å². The van der Waals surface area contributed by atoms with Gasteiger partial charge >= 0.3 is 0 Å². The summed E-state index contributed by atoms with van der Waals surface area (Å²) in [5.41, 5.74) is 7.41. The van der Waals surface area contributed by atoms with E-state index in [1.807, 2.05) is 42.5 Å². The molecule has 0 aromatic heterocycles. The van der Waals surface area contributed by atoms with Crippen LogP contribution < -0.4 is 10.5 Å². The van der Waals surface area contributed by atoms with E-state index in [0.717, 1.165) is 16.3 Å². The minimum Gasteiger partial charge on any atom is -0.479 e. The van der Waals surface area contributed by atoms with E-state index in [0.29, 0.717) is 34.4 Å². The predicted octanol–water partition coefficient (Wildman–Crippen LogP) is 4.86. The van der Waals surface area contributed by atoms with E-state index in [4.69, 9.17) is 38.9 Å². The fourth-order valence-electron chi connectivity index (χ4n) is 3.36. The average molecular weight is 442 g/mol. The Morgan fingerprint density at radius 3 is 2.63 bits per heavy atom. The molecule has 5 nitrogen and oxygen atoms in total. The van der Waals surface area contributed by atoms with E-state index < -0.39 is 0 Å². The van der Waals surface area contributed by atoms with Crippen molar-refractivity contribution in [2.45, 2.75) is 5.92 Å². The van der Waals surface area contributed by atoms with Crippen molar-refractivity contribution in [1.82, 2.24) is 4.90 Å². The highest BCUT2D eigenvalue weighted by Gasteiger charge is 2.21. The van der Waals surface area contributed by atoms with Crippen molar-refractivity contribution in [3.8, 4) is 11.8 Å². The first-order chi connectivity index (χ1) is 14.4. The highest BCUT2D eigenvalue weighted by atomic mass is 35.5. The van der Waals surface area contributed by atoms with Crippen molar-refractivity contribution in [3.05, 3.63) is 75.8 Å². The van der Waals surface area contributed by atoms with Gasteiger partial charge in [0.05, 0.1) is 15.6 Å². The summed E-state index contributed by atoms with van der Waals surface area (Å²) in [7, 11) is 1.74. The van der Waals surface area contributed by atoms with Crippen molar-refractivity contribution in [2.75, 3.05) is 26.7 Å². The first kappa shape index (κ1) is 21.9. The summed E-state index contributed by atoms with van der Waals surface area (Å²) >= 11 is 12.2. The number of halogens is 2.